The molecule has 2 aliphatic heterocycles. The van der Waals surface area contributed by atoms with E-state index in [0.29, 0.717) is 25.9 Å². The van der Waals surface area contributed by atoms with Crippen molar-refractivity contribution >= 4 is 30.4 Å². The van der Waals surface area contributed by atoms with Crippen LogP contribution in [0.4, 0.5) is 0 Å². The molecule has 0 aromatic rings. The minimum atomic E-state index is -0.826. The summed E-state index contributed by atoms with van der Waals surface area (Å²) in [5.41, 5.74) is 9.90. The van der Waals surface area contributed by atoms with Crippen LogP contribution in [0.5, 0.6) is 0 Å². The molecule has 3 amide bonds. The summed E-state index contributed by atoms with van der Waals surface area (Å²) in [4.78, 5) is 39.1. The second-order valence-corrected chi connectivity index (χ2v) is 5.60. The number of primary amides is 1. The molecule has 0 aliphatic carbocycles. The number of amides is 3. The first-order chi connectivity index (χ1) is 9.47. The van der Waals surface area contributed by atoms with Gasteiger partial charge in [-0.3, -0.25) is 14.4 Å². The van der Waals surface area contributed by atoms with E-state index < -0.39 is 17.5 Å². The van der Waals surface area contributed by atoms with Crippen LogP contribution in [0.1, 0.15) is 19.3 Å². The number of hydrogen-bond acceptors (Lipinski definition) is 5. The van der Waals surface area contributed by atoms with Crippen molar-refractivity contribution in [3.05, 3.63) is 0 Å². The van der Waals surface area contributed by atoms with E-state index in [9.17, 15) is 14.4 Å². The van der Waals surface area contributed by atoms with Gasteiger partial charge in [-0.25, -0.2) is 0 Å². The van der Waals surface area contributed by atoms with Crippen LogP contribution in [0.3, 0.4) is 0 Å². The molecule has 8 heteroatoms. The minimum absolute atomic E-state index is 0.110. The van der Waals surface area contributed by atoms with Gasteiger partial charge in [-0.2, -0.15) is 12.6 Å². The predicted molar refractivity (Wildman–Crippen MR) is 75.9 cm³/mol. The average molecular weight is 300 g/mol. The molecule has 2 saturated heterocycles. The number of hydrogen-bond donors (Lipinski definition) is 3. The van der Waals surface area contributed by atoms with Gasteiger partial charge in [0.05, 0.1) is 6.54 Å². The summed E-state index contributed by atoms with van der Waals surface area (Å²) in [5, 5.41) is 0. The van der Waals surface area contributed by atoms with Gasteiger partial charge in [0.2, 0.25) is 17.7 Å². The molecule has 2 fully saturated rings. The molecule has 0 saturated carbocycles. The fraction of sp³-hybridized carbons (Fsp3) is 0.750. The first-order valence-electron chi connectivity index (χ1n) is 6.69. The van der Waals surface area contributed by atoms with E-state index in [1.54, 1.807) is 4.90 Å². The Balaban J connectivity index is 2.25. The summed E-state index contributed by atoms with van der Waals surface area (Å²) >= 11 is 4.09. The lowest BCUT2D eigenvalue weighted by Crippen LogP contribution is -2.56. The van der Waals surface area contributed by atoms with Gasteiger partial charge in [0.15, 0.2) is 0 Å². The van der Waals surface area contributed by atoms with Gasteiger partial charge >= 0.3 is 0 Å². The van der Waals surface area contributed by atoms with Crippen LogP contribution in [0.25, 0.3) is 0 Å². The maximum atomic E-state index is 12.7. The molecule has 7 nitrogen and oxygen atoms in total. The zero-order valence-electron chi connectivity index (χ0n) is 11.2. The number of carbonyl (C=O) groups is 3. The number of nitrogens with zero attached hydrogens (tertiary/aromatic N) is 2. The molecule has 4 N–H and O–H groups in total. The lowest BCUT2D eigenvalue weighted by molar-refractivity contribution is -0.147. The van der Waals surface area contributed by atoms with Crippen molar-refractivity contribution in [1.29, 1.82) is 0 Å². The molecule has 2 atom stereocenters. The van der Waals surface area contributed by atoms with Crippen LogP contribution >= 0.6 is 12.6 Å². The monoisotopic (exact) mass is 300 g/mol. The molecule has 0 bridgehead atoms. The highest BCUT2D eigenvalue weighted by atomic mass is 32.1. The molecule has 1 unspecified atom stereocenters. The molecule has 1 spiro atoms. The quantitative estimate of drug-likeness (QED) is 0.539. The molecular formula is C12H20N4O3S. The van der Waals surface area contributed by atoms with Crippen molar-refractivity contribution in [2.24, 2.45) is 11.5 Å². The Bertz CT molecular complexity index is 444. The Kier molecular flexibility index (Phi) is 4.24. The van der Waals surface area contributed by atoms with Gasteiger partial charge in [-0.1, -0.05) is 0 Å². The summed E-state index contributed by atoms with van der Waals surface area (Å²) < 4.78 is 0. The molecular weight excluding hydrogens is 280 g/mol. The van der Waals surface area contributed by atoms with Crippen LogP contribution in [0, 0.1) is 0 Å². The van der Waals surface area contributed by atoms with E-state index >= 15 is 0 Å². The third kappa shape index (κ3) is 2.16. The highest BCUT2D eigenvalue weighted by Crippen LogP contribution is 2.39. The molecule has 2 rings (SSSR count). The third-order valence-corrected chi connectivity index (χ3v) is 4.61. The van der Waals surface area contributed by atoms with Gasteiger partial charge in [-0.05, 0) is 19.3 Å². The number of carbonyl (C=O) groups excluding carboxylic acids is 3. The van der Waals surface area contributed by atoms with E-state index in [0.717, 1.165) is 6.42 Å². The molecule has 0 radical (unpaired) electrons. The molecule has 0 aromatic carbocycles. The second-order valence-electron chi connectivity index (χ2n) is 5.23. The topological polar surface area (TPSA) is 110 Å². The SMILES string of the molecule is NCC(=O)N1CCCC12CCN([C@@H](CS)C(N)=O)C2=O. The molecule has 2 heterocycles. The zero-order valence-corrected chi connectivity index (χ0v) is 12.1. The fourth-order valence-electron chi connectivity index (χ4n) is 3.26. The molecule has 20 heavy (non-hydrogen) atoms. The Labute approximate surface area is 123 Å². The molecule has 2 aliphatic rings. The Hall–Kier alpha value is -1.28. The number of nitrogens with two attached hydrogens (primary N) is 2. The van der Waals surface area contributed by atoms with Crippen molar-refractivity contribution in [2.45, 2.75) is 30.8 Å². The highest BCUT2D eigenvalue weighted by molar-refractivity contribution is 7.80. The highest BCUT2D eigenvalue weighted by Gasteiger charge is 2.56. The number of thiol groups is 1. The Morgan fingerprint density at radius 2 is 2.05 bits per heavy atom. The van der Waals surface area contributed by atoms with Crippen LogP contribution in [-0.4, -0.2) is 64.5 Å². The van der Waals surface area contributed by atoms with Crippen LogP contribution in [-0.2, 0) is 14.4 Å². The van der Waals surface area contributed by atoms with Crippen molar-refractivity contribution < 1.29 is 14.4 Å². The van der Waals surface area contributed by atoms with Crippen molar-refractivity contribution in [1.82, 2.24) is 9.80 Å². The summed E-state index contributed by atoms with van der Waals surface area (Å²) in [6.07, 6.45) is 1.91. The van der Waals surface area contributed by atoms with Crippen molar-refractivity contribution in [3.8, 4) is 0 Å². The smallest absolute Gasteiger partial charge is 0.249 e. The summed E-state index contributed by atoms with van der Waals surface area (Å²) in [6.45, 7) is 0.847. The summed E-state index contributed by atoms with van der Waals surface area (Å²) in [6, 6.07) is -0.722. The van der Waals surface area contributed by atoms with Gasteiger partial charge in [0.25, 0.3) is 0 Å². The lowest BCUT2D eigenvalue weighted by Gasteiger charge is -2.34. The van der Waals surface area contributed by atoms with E-state index in [1.165, 1.54) is 4.90 Å². The normalized spacial score (nSPS) is 27.4. The first kappa shape index (κ1) is 15.1. The predicted octanol–water partition coefficient (Wildman–Crippen LogP) is -1.68. The molecule has 112 valence electrons. The molecule has 0 aromatic heterocycles. The first-order valence-corrected chi connectivity index (χ1v) is 7.33. The minimum Gasteiger partial charge on any atom is -0.368 e. The Morgan fingerprint density at radius 3 is 2.60 bits per heavy atom. The standard InChI is InChI=1S/C12H20N4O3S/c13-6-9(17)16-4-1-2-12(16)3-5-15(11(12)19)8(7-20)10(14)18/h8,20H,1-7,13H2,(H2,14,18)/t8-,12?/m0/s1. The second kappa shape index (κ2) is 5.61. The van der Waals surface area contributed by atoms with E-state index in [-0.39, 0.29) is 24.1 Å². The number of rotatable bonds is 4. The van der Waals surface area contributed by atoms with Gasteiger partial charge in [0.1, 0.15) is 11.6 Å². The van der Waals surface area contributed by atoms with Gasteiger partial charge < -0.3 is 21.3 Å². The van der Waals surface area contributed by atoms with Crippen molar-refractivity contribution in [2.75, 3.05) is 25.4 Å². The van der Waals surface area contributed by atoms with Crippen LogP contribution in [0.2, 0.25) is 0 Å². The van der Waals surface area contributed by atoms with E-state index in [1.807, 2.05) is 0 Å². The third-order valence-electron chi connectivity index (χ3n) is 4.27. The Morgan fingerprint density at radius 1 is 1.35 bits per heavy atom. The lowest BCUT2D eigenvalue weighted by atomic mass is 9.94. The van der Waals surface area contributed by atoms with Crippen molar-refractivity contribution in [3.63, 3.8) is 0 Å². The summed E-state index contributed by atoms with van der Waals surface area (Å²) in [7, 11) is 0. The number of likely N-dealkylation sites (tertiary alicyclic amines) is 2. The summed E-state index contributed by atoms with van der Waals surface area (Å²) in [5.74, 6) is -0.809. The van der Waals surface area contributed by atoms with Gasteiger partial charge in [-0.15, -0.1) is 0 Å². The zero-order chi connectivity index (χ0) is 14.9. The van der Waals surface area contributed by atoms with Crippen LogP contribution < -0.4 is 11.5 Å². The maximum absolute atomic E-state index is 12.7. The van der Waals surface area contributed by atoms with E-state index in [4.69, 9.17) is 11.5 Å². The maximum Gasteiger partial charge on any atom is 0.249 e. The van der Waals surface area contributed by atoms with Crippen LogP contribution in [0.15, 0.2) is 0 Å². The van der Waals surface area contributed by atoms with E-state index in [2.05, 4.69) is 12.6 Å². The largest absolute Gasteiger partial charge is 0.368 e. The fourth-order valence-corrected chi connectivity index (χ4v) is 3.63. The average Bonchev–Trinajstić information content (AvgIpc) is 2.98. The van der Waals surface area contributed by atoms with Gasteiger partial charge in [0, 0.05) is 18.8 Å².